The first-order valence-corrected chi connectivity index (χ1v) is 6.58. The second kappa shape index (κ2) is 4.96. The van der Waals surface area contributed by atoms with E-state index in [0.717, 1.165) is 31.4 Å². The third kappa shape index (κ3) is 2.13. The van der Waals surface area contributed by atoms with Crippen LogP contribution in [-0.4, -0.2) is 22.4 Å². The molecule has 6 heteroatoms. The molecule has 1 aromatic heterocycles. The number of anilines is 1. The summed E-state index contributed by atoms with van der Waals surface area (Å²) in [5.74, 6) is 0.306. The van der Waals surface area contributed by atoms with Gasteiger partial charge in [-0.15, -0.1) is 0 Å². The summed E-state index contributed by atoms with van der Waals surface area (Å²) in [5.41, 5.74) is 7.56. The summed E-state index contributed by atoms with van der Waals surface area (Å²) in [6, 6.07) is 5.56. The highest BCUT2D eigenvalue weighted by Gasteiger charge is 2.22. The van der Waals surface area contributed by atoms with Crippen molar-refractivity contribution in [3.05, 3.63) is 35.6 Å². The zero-order chi connectivity index (χ0) is 14.1. The van der Waals surface area contributed by atoms with Crippen LogP contribution in [0.2, 0.25) is 0 Å². The van der Waals surface area contributed by atoms with Gasteiger partial charge in [0.15, 0.2) is 0 Å². The van der Waals surface area contributed by atoms with E-state index < -0.39 is 6.03 Å². The first-order valence-electron chi connectivity index (χ1n) is 6.58. The smallest absolute Gasteiger partial charge is 0.341 e. The minimum absolute atomic E-state index is 0.327. The highest BCUT2D eigenvalue weighted by Crippen LogP contribution is 2.32. The van der Waals surface area contributed by atoms with Crippen LogP contribution in [0.15, 0.2) is 24.3 Å². The van der Waals surface area contributed by atoms with Gasteiger partial charge in [0.25, 0.3) is 0 Å². The topological polar surface area (TPSA) is 72.9 Å². The van der Waals surface area contributed by atoms with Gasteiger partial charge in [0.2, 0.25) is 0 Å². The third-order valence-corrected chi connectivity index (χ3v) is 3.44. The molecule has 0 bridgehead atoms. The monoisotopic (exact) mass is 274 g/mol. The summed E-state index contributed by atoms with van der Waals surface area (Å²) in [7, 11) is 0. The first-order chi connectivity index (χ1) is 9.66. The molecular formula is C14H15FN4O. The molecule has 104 valence electrons. The molecule has 3 rings (SSSR count). The summed E-state index contributed by atoms with van der Waals surface area (Å²) in [5, 5.41) is 7.44. The minimum atomic E-state index is -0.640. The Morgan fingerprint density at radius 1 is 1.40 bits per heavy atom. The number of benzene rings is 1. The van der Waals surface area contributed by atoms with Crippen LogP contribution in [0, 0.1) is 5.82 Å². The number of hydrogen-bond acceptors (Lipinski definition) is 3. The number of fused-ring (bicyclic) bond motifs is 1. The van der Waals surface area contributed by atoms with Gasteiger partial charge < -0.3 is 11.1 Å². The Kier molecular flexibility index (Phi) is 3.14. The van der Waals surface area contributed by atoms with Crippen LogP contribution >= 0.6 is 0 Å². The Bertz CT molecular complexity index is 665. The quantitative estimate of drug-likeness (QED) is 0.838. The fraction of sp³-hybridized carbons (Fsp3) is 0.286. The van der Waals surface area contributed by atoms with Gasteiger partial charge in [-0.05, 0) is 31.4 Å². The molecular weight excluding hydrogens is 259 g/mol. The Balaban J connectivity index is 2.18. The van der Waals surface area contributed by atoms with Gasteiger partial charge in [0.05, 0.1) is 5.69 Å². The largest absolute Gasteiger partial charge is 0.370 e. The maximum absolute atomic E-state index is 13.4. The van der Waals surface area contributed by atoms with E-state index in [4.69, 9.17) is 5.73 Å². The fourth-order valence-electron chi connectivity index (χ4n) is 2.53. The molecule has 1 aliphatic rings. The lowest BCUT2D eigenvalue weighted by molar-refractivity contribution is 0.248. The number of hydrogen-bond donors (Lipinski definition) is 2. The van der Waals surface area contributed by atoms with Crippen LogP contribution in [-0.2, 0) is 6.42 Å². The molecule has 3 N–H and O–H groups in total. The maximum atomic E-state index is 13.4. The van der Waals surface area contributed by atoms with Crippen molar-refractivity contribution in [3.8, 4) is 11.3 Å². The van der Waals surface area contributed by atoms with Crippen LogP contribution in [0.3, 0.4) is 0 Å². The van der Waals surface area contributed by atoms with Gasteiger partial charge in [-0.3, -0.25) is 0 Å². The predicted octanol–water partition coefficient (Wildman–Crippen LogP) is 2.36. The van der Waals surface area contributed by atoms with Gasteiger partial charge in [-0.25, -0.2) is 9.18 Å². The predicted molar refractivity (Wildman–Crippen MR) is 74.0 cm³/mol. The van der Waals surface area contributed by atoms with Crippen LogP contribution in [0.1, 0.15) is 18.4 Å². The number of amides is 1. The summed E-state index contributed by atoms with van der Waals surface area (Å²) >= 11 is 0. The van der Waals surface area contributed by atoms with Crippen molar-refractivity contribution in [2.45, 2.75) is 19.3 Å². The van der Waals surface area contributed by atoms with E-state index in [0.29, 0.717) is 17.1 Å². The van der Waals surface area contributed by atoms with Crippen molar-refractivity contribution in [1.82, 2.24) is 9.78 Å². The molecule has 0 unspecified atom stereocenters. The summed E-state index contributed by atoms with van der Waals surface area (Å²) in [6.45, 7) is 0.772. The minimum Gasteiger partial charge on any atom is -0.370 e. The van der Waals surface area contributed by atoms with Gasteiger partial charge in [-0.1, -0.05) is 12.1 Å². The molecule has 0 saturated carbocycles. The summed E-state index contributed by atoms with van der Waals surface area (Å²) in [4.78, 5) is 11.5. The van der Waals surface area contributed by atoms with Crippen LogP contribution < -0.4 is 11.1 Å². The number of nitrogens with one attached hydrogen (secondary N) is 1. The highest BCUT2D eigenvalue weighted by atomic mass is 19.1. The fourth-order valence-corrected chi connectivity index (χ4v) is 2.53. The SMILES string of the molecule is NC(=O)n1nc(-c2cccc(F)c2)c2c1NCCCC2. The van der Waals surface area contributed by atoms with E-state index in [9.17, 15) is 9.18 Å². The van der Waals surface area contributed by atoms with Crippen LogP contribution in [0.25, 0.3) is 11.3 Å². The molecule has 1 amide bonds. The van der Waals surface area contributed by atoms with Crippen LogP contribution in [0.4, 0.5) is 15.0 Å². The van der Waals surface area contributed by atoms with Gasteiger partial charge >= 0.3 is 6.03 Å². The third-order valence-electron chi connectivity index (χ3n) is 3.44. The van der Waals surface area contributed by atoms with Crippen molar-refractivity contribution in [2.75, 3.05) is 11.9 Å². The van der Waals surface area contributed by atoms with Crippen LogP contribution in [0.5, 0.6) is 0 Å². The molecule has 0 radical (unpaired) electrons. The standard InChI is InChI=1S/C14H15FN4O/c15-10-5-3-4-9(8-10)12-11-6-1-2-7-17-13(11)19(18-12)14(16)20/h3-5,8,17H,1-2,6-7H2,(H2,16,20). The molecule has 1 aromatic carbocycles. The molecule has 0 aliphatic carbocycles. The lowest BCUT2D eigenvalue weighted by Gasteiger charge is -2.04. The summed E-state index contributed by atoms with van der Waals surface area (Å²) < 4.78 is 14.6. The van der Waals surface area contributed by atoms with Gasteiger partial charge in [0.1, 0.15) is 11.6 Å². The zero-order valence-corrected chi connectivity index (χ0v) is 10.9. The Morgan fingerprint density at radius 2 is 2.25 bits per heavy atom. The van der Waals surface area contributed by atoms with E-state index in [1.807, 2.05) is 0 Å². The Morgan fingerprint density at radius 3 is 3.00 bits per heavy atom. The molecule has 0 spiro atoms. The average Bonchev–Trinajstić information content (AvgIpc) is 2.61. The molecule has 2 heterocycles. The normalized spacial score (nSPS) is 14.2. The number of halogens is 1. The molecule has 2 aromatic rings. The summed E-state index contributed by atoms with van der Waals surface area (Å²) in [6.07, 6.45) is 2.80. The molecule has 0 saturated heterocycles. The number of primary amides is 1. The molecule has 0 fully saturated rings. The van der Waals surface area contributed by atoms with E-state index in [-0.39, 0.29) is 5.82 Å². The Hall–Kier alpha value is -2.37. The zero-order valence-electron chi connectivity index (χ0n) is 10.9. The molecule has 20 heavy (non-hydrogen) atoms. The maximum Gasteiger partial charge on any atom is 0.341 e. The molecule has 1 aliphatic heterocycles. The number of carbonyl (C=O) groups excluding carboxylic acids is 1. The lowest BCUT2D eigenvalue weighted by Crippen LogP contribution is -2.23. The second-order valence-corrected chi connectivity index (χ2v) is 4.82. The van der Waals surface area contributed by atoms with E-state index in [1.54, 1.807) is 12.1 Å². The first kappa shape index (κ1) is 12.7. The number of aromatic nitrogens is 2. The van der Waals surface area contributed by atoms with Gasteiger partial charge in [0, 0.05) is 17.7 Å². The van der Waals surface area contributed by atoms with Crippen molar-refractivity contribution in [3.63, 3.8) is 0 Å². The number of carbonyl (C=O) groups is 1. The highest BCUT2D eigenvalue weighted by molar-refractivity contribution is 5.82. The van der Waals surface area contributed by atoms with Crippen molar-refractivity contribution in [1.29, 1.82) is 0 Å². The number of nitrogens with zero attached hydrogens (tertiary/aromatic N) is 2. The average molecular weight is 274 g/mol. The number of rotatable bonds is 1. The lowest BCUT2D eigenvalue weighted by atomic mass is 10.0. The molecule has 5 nitrogen and oxygen atoms in total. The number of nitrogens with two attached hydrogens (primary N) is 1. The Labute approximate surface area is 115 Å². The van der Waals surface area contributed by atoms with Gasteiger partial charge in [-0.2, -0.15) is 9.78 Å². The molecule has 0 atom stereocenters. The van der Waals surface area contributed by atoms with E-state index in [1.165, 1.54) is 16.8 Å². The van der Waals surface area contributed by atoms with E-state index >= 15 is 0 Å². The van der Waals surface area contributed by atoms with E-state index in [2.05, 4.69) is 10.4 Å². The van der Waals surface area contributed by atoms with Crippen molar-refractivity contribution >= 4 is 11.8 Å². The second-order valence-electron chi connectivity index (χ2n) is 4.82. The van der Waals surface area contributed by atoms with Crippen molar-refractivity contribution < 1.29 is 9.18 Å². The van der Waals surface area contributed by atoms with Crippen molar-refractivity contribution in [2.24, 2.45) is 5.73 Å².